The van der Waals surface area contributed by atoms with E-state index in [9.17, 15) is 18.0 Å². The second kappa shape index (κ2) is 7.53. The van der Waals surface area contributed by atoms with Gasteiger partial charge in [-0.25, -0.2) is 13.1 Å². The van der Waals surface area contributed by atoms with Crippen LogP contribution >= 0.6 is 0 Å². The molecule has 2 amide bonds. The molecule has 0 bridgehead atoms. The number of amides is 2. The van der Waals surface area contributed by atoms with Crippen molar-refractivity contribution in [1.29, 1.82) is 0 Å². The van der Waals surface area contributed by atoms with Crippen LogP contribution in [0.1, 0.15) is 44.1 Å². The fourth-order valence-corrected chi connectivity index (χ4v) is 4.21. The van der Waals surface area contributed by atoms with Crippen LogP contribution in [0.25, 0.3) is 0 Å². The van der Waals surface area contributed by atoms with Crippen LogP contribution in [0, 0.1) is 0 Å². The zero-order valence-corrected chi connectivity index (χ0v) is 14.7. The summed E-state index contributed by atoms with van der Waals surface area (Å²) in [6, 6.07) is 4.42. The van der Waals surface area contributed by atoms with Gasteiger partial charge in [-0.05, 0) is 43.0 Å². The topological polar surface area (TPSA) is 102 Å². The van der Waals surface area contributed by atoms with E-state index in [1.54, 1.807) is 6.07 Å². The van der Waals surface area contributed by atoms with Gasteiger partial charge in [0.2, 0.25) is 5.91 Å². The Labute approximate surface area is 147 Å². The summed E-state index contributed by atoms with van der Waals surface area (Å²) in [7, 11) is -3.95. The highest BCUT2D eigenvalue weighted by atomic mass is 32.2. The molecule has 136 valence electrons. The van der Waals surface area contributed by atoms with Crippen LogP contribution in [0.5, 0.6) is 0 Å². The lowest BCUT2D eigenvalue weighted by molar-refractivity contribution is -0.126. The van der Waals surface area contributed by atoms with E-state index in [4.69, 9.17) is 4.74 Å². The molecule has 1 aromatic rings. The molecule has 7 nitrogen and oxygen atoms in total. The molecule has 25 heavy (non-hydrogen) atoms. The summed E-state index contributed by atoms with van der Waals surface area (Å²) in [6.07, 6.45) is 6.00. The number of fused-ring (bicyclic) bond motifs is 1. The Morgan fingerprint density at radius 3 is 2.72 bits per heavy atom. The van der Waals surface area contributed by atoms with E-state index in [1.807, 2.05) is 4.72 Å². The minimum atomic E-state index is -3.95. The number of anilines is 1. The second-order valence-corrected chi connectivity index (χ2v) is 8.15. The maximum atomic E-state index is 12.4. The molecule has 1 aliphatic heterocycles. The van der Waals surface area contributed by atoms with E-state index in [1.165, 1.54) is 18.6 Å². The molecule has 2 aliphatic rings. The first-order valence-corrected chi connectivity index (χ1v) is 10.0. The van der Waals surface area contributed by atoms with Crippen LogP contribution in [0.4, 0.5) is 5.69 Å². The zero-order chi connectivity index (χ0) is 17.9. The summed E-state index contributed by atoms with van der Waals surface area (Å²) in [5, 5.41) is 2.69. The Morgan fingerprint density at radius 2 is 1.96 bits per heavy atom. The smallest absolute Gasteiger partial charge is 0.264 e. The first-order valence-electron chi connectivity index (χ1n) is 8.54. The standard InChI is InChI=1S/C17H22N2O5S/c20-16-9-6-12-10-14(7-8-15(12)18-16)25(22,23)19-17(21)11-24-13-4-2-1-3-5-13/h7-8,10,13H,1-6,9,11H2,(H,18,20)(H,19,21). The van der Waals surface area contributed by atoms with E-state index >= 15 is 0 Å². The molecule has 8 heteroatoms. The van der Waals surface area contributed by atoms with E-state index in [0.29, 0.717) is 18.5 Å². The average Bonchev–Trinajstić information content (AvgIpc) is 2.60. The first kappa shape index (κ1) is 17.9. The SMILES string of the molecule is O=C1CCc2cc(S(=O)(=O)NC(=O)COC3CCCCC3)ccc2N1. The number of ether oxygens (including phenoxy) is 1. The Morgan fingerprint density at radius 1 is 1.20 bits per heavy atom. The van der Waals surface area contributed by atoms with Crippen molar-refractivity contribution in [2.45, 2.75) is 55.9 Å². The average molecular weight is 366 g/mol. The molecule has 0 aromatic heterocycles. The van der Waals surface area contributed by atoms with Gasteiger partial charge in [-0.3, -0.25) is 9.59 Å². The lowest BCUT2D eigenvalue weighted by atomic mass is 9.98. The third kappa shape index (κ3) is 4.58. The molecule has 2 N–H and O–H groups in total. The van der Waals surface area contributed by atoms with Gasteiger partial charge in [0.25, 0.3) is 15.9 Å². The molecule has 1 aliphatic carbocycles. The van der Waals surface area contributed by atoms with E-state index < -0.39 is 15.9 Å². The first-order chi connectivity index (χ1) is 11.9. The normalized spacial score (nSPS) is 18.3. The van der Waals surface area contributed by atoms with Crippen molar-refractivity contribution in [1.82, 2.24) is 4.72 Å². The highest BCUT2D eigenvalue weighted by Crippen LogP contribution is 2.25. The van der Waals surface area contributed by atoms with Crippen molar-refractivity contribution in [3.63, 3.8) is 0 Å². The zero-order valence-electron chi connectivity index (χ0n) is 13.9. The molecule has 1 aromatic carbocycles. The summed E-state index contributed by atoms with van der Waals surface area (Å²) in [5.41, 5.74) is 1.36. The number of sulfonamides is 1. The third-order valence-corrected chi connectivity index (χ3v) is 5.90. The molecule has 0 saturated heterocycles. The number of carbonyl (C=O) groups is 2. The summed E-state index contributed by atoms with van der Waals surface area (Å²) < 4.78 is 32.3. The molecule has 1 saturated carbocycles. The molecule has 0 radical (unpaired) electrons. The van der Waals surface area contributed by atoms with Crippen molar-refractivity contribution >= 4 is 27.5 Å². The Kier molecular flexibility index (Phi) is 5.39. The Bertz CT molecular complexity index is 769. The highest BCUT2D eigenvalue weighted by molar-refractivity contribution is 7.90. The van der Waals surface area contributed by atoms with Crippen molar-refractivity contribution in [3.05, 3.63) is 23.8 Å². The largest absolute Gasteiger partial charge is 0.368 e. The summed E-state index contributed by atoms with van der Waals surface area (Å²) in [6.45, 7) is -0.259. The third-order valence-electron chi connectivity index (χ3n) is 4.53. The number of hydrogen-bond acceptors (Lipinski definition) is 5. The van der Waals surface area contributed by atoms with Gasteiger partial charge < -0.3 is 10.1 Å². The summed E-state index contributed by atoms with van der Waals surface area (Å²) in [4.78, 5) is 23.3. The second-order valence-electron chi connectivity index (χ2n) is 6.47. The number of nitrogens with one attached hydrogen (secondary N) is 2. The minimum Gasteiger partial charge on any atom is -0.368 e. The Balaban J connectivity index is 1.61. The molecule has 0 unspecified atom stereocenters. The van der Waals surface area contributed by atoms with Crippen molar-refractivity contribution < 1.29 is 22.7 Å². The van der Waals surface area contributed by atoms with Crippen LogP contribution < -0.4 is 10.0 Å². The van der Waals surface area contributed by atoms with Gasteiger partial charge in [-0.2, -0.15) is 0 Å². The van der Waals surface area contributed by atoms with Gasteiger partial charge in [0.15, 0.2) is 0 Å². The van der Waals surface area contributed by atoms with Gasteiger partial charge in [0.1, 0.15) is 6.61 Å². The van der Waals surface area contributed by atoms with Gasteiger partial charge in [-0.1, -0.05) is 19.3 Å². The quantitative estimate of drug-likeness (QED) is 0.826. The molecule has 0 atom stereocenters. The van der Waals surface area contributed by atoms with Gasteiger partial charge >= 0.3 is 0 Å². The van der Waals surface area contributed by atoms with Crippen LogP contribution in [-0.4, -0.2) is 32.9 Å². The minimum absolute atomic E-state index is 0.00779. The summed E-state index contributed by atoms with van der Waals surface area (Å²) in [5.74, 6) is -0.757. The maximum absolute atomic E-state index is 12.4. The van der Waals surface area contributed by atoms with E-state index in [2.05, 4.69) is 5.32 Å². The molecular weight excluding hydrogens is 344 g/mol. The van der Waals surface area contributed by atoms with Crippen LogP contribution in [0.15, 0.2) is 23.1 Å². The number of aryl methyl sites for hydroxylation is 1. The molecular formula is C17H22N2O5S. The number of benzene rings is 1. The van der Waals surface area contributed by atoms with Crippen LogP contribution in [0.2, 0.25) is 0 Å². The monoisotopic (exact) mass is 366 g/mol. The van der Waals surface area contributed by atoms with E-state index in [-0.39, 0.29) is 23.5 Å². The van der Waals surface area contributed by atoms with E-state index in [0.717, 1.165) is 31.2 Å². The van der Waals surface area contributed by atoms with Crippen molar-refractivity contribution in [2.75, 3.05) is 11.9 Å². The predicted molar refractivity (Wildman–Crippen MR) is 91.5 cm³/mol. The number of carbonyl (C=O) groups excluding carboxylic acids is 2. The lowest BCUT2D eigenvalue weighted by Crippen LogP contribution is -2.35. The van der Waals surface area contributed by atoms with Gasteiger partial charge in [0.05, 0.1) is 11.0 Å². The molecule has 0 spiro atoms. The van der Waals surface area contributed by atoms with Gasteiger partial charge in [-0.15, -0.1) is 0 Å². The lowest BCUT2D eigenvalue weighted by Gasteiger charge is -2.21. The number of hydrogen-bond donors (Lipinski definition) is 2. The molecule has 1 fully saturated rings. The van der Waals surface area contributed by atoms with Gasteiger partial charge in [0, 0.05) is 12.1 Å². The fourth-order valence-electron chi connectivity index (χ4n) is 3.19. The Hall–Kier alpha value is -1.93. The molecule has 1 heterocycles. The van der Waals surface area contributed by atoms with Crippen molar-refractivity contribution in [3.8, 4) is 0 Å². The summed E-state index contributed by atoms with van der Waals surface area (Å²) >= 11 is 0. The maximum Gasteiger partial charge on any atom is 0.264 e. The fraction of sp³-hybridized carbons (Fsp3) is 0.529. The predicted octanol–water partition coefficient (Wildman–Crippen LogP) is 1.73. The van der Waals surface area contributed by atoms with Crippen molar-refractivity contribution in [2.24, 2.45) is 0 Å². The highest BCUT2D eigenvalue weighted by Gasteiger charge is 2.22. The molecule has 3 rings (SSSR count). The number of rotatable bonds is 5. The van der Waals surface area contributed by atoms with Crippen LogP contribution in [-0.2, 0) is 30.8 Å². The van der Waals surface area contributed by atoms with Crippen LogP contribution in [0.3, 0.4) is 0 Å².